The van der Waals surface area contributed by atoms with Gasteiger partial charge in [-0.05, 0) is 0 Å². The second-order valence-corrected chi connectivity index (χ2v) is 4.50. The third-order valence-corrected chi connectivity index (χ3v) is 2.28. The van der Waals surface area contributed by atoms with Gasteiger partial charge in [0, 0.05) is 13.1 Å². The SMILES string of the molecule is CS(=O)(=O)N[C@@H]1CNC[C@H]1O. The molecule has 1 rings (SSSR count). The molecule has 0 aromatic heterocycles. The number of β-amino-alcohol motifs (C(OH)–C–C–N with tert-alkyl or cyclic N) is 1. The molecule has 0 saturated carbocycles. The monoisotopic (exact) mass is 180 g/mol. The van der Waals surface area contributed by atoms with Gasteiger partial charge in [-0.2, -0.15) is 0 Å². The molecular formula is C5H12N2O3S. The molecule has 1 saturated heterocycles. The van der Waals surface area contributed by atoms with Crippen LogP contribution in [0.5, 0.6) is 0 Å². The van der Waals surface area contributed by atoms with Gasteiger partial charge in [-0.25, -0.2) is 13.1 Å². The largest absolute Gasteiger partial charge is 0.390 e. The van der Waals surface area contributed by atoms with E-state index in [1.54, 1.807) is 0 Å². The minimum absolute atomic E-state index is 0.370. The van der Waals surface area contributed by atoms with Crippen LogP contribution in [-0.4, -0.2) is 45.0 Å². The zero-order valence-electron chi connectivity index (χ0n) is 6.24. The number of hydrogen-bond donors (Lipinski definition) is 3. The molecule has 3 N–H and O–H groups in total. The lowest BCUT2D eigenvalue weighted by molar-refractivity contribution is 0.173. The van der Waals surface area contributed by atoms with Gasteiger partial charge in [0.25, 0.3) is 0 Å². The van der Waals surface area contributed by atoms with E-state index >= 15 is 0 Å². The first-order valence-corrected chi connectivity index (χ1v) is 5.24. The first-order chi connectivity index (χ1) is 4.99. The van der Waals surface area contributed by atoms with E-state index in [1.165, 1.54) is 0 Å². The summed E-state index contributed by atoms with van der Waals surface area (Å²) >= 11 is 0. The molecule has 1 aliphatic heterocycles. The second kappa shape index (κ2) is 3.06. The van der Waals surface area contributed by atoms with Crippen LogP contribution in [0.1, 0.15) is 0 Å². The Morgan fingerprint density at radius 2 is 2.18 bits per heavy atom. The number of aliphatic hydroxyl groups excluding tert-OH is 1. The molecule has 5 nitrogen and oxygen atoms in total. The van der Waals surface area contributed by atoms with Crippen molar-refractivity contribution in [3.8, 4) is 0 Å². The summed E-state index contributed by atoms with van der Waals surface area (Å²) in [5, 5.41) is 12.0. The molecule has 1 fully saturated rings. The maximum Gasteiger partial charge on any atom is 0.209 e. The van der Waals surface area contributed by atoms with Crippen molar-refractivity contribution in [2.45, 2.75) is 12.1 Å². The van der Waals surface area contributed by atoms with Gasteiger partial charge in [0.15, 0.2) is 0 Å². The van der Waals surface area contributed by atoms with Crippen LogP contribution in [0.2, 0.25) is 0 Å². The molecule has 0 aromatic carbocycles. The summed E-state index contributed by atoms with van der Waals surface area (Å²) < 4.78 is 23.7. The Hall–Kier alpha value is -0.170. The Morgan fingerprint density at radius 1 is 1.55 bits per heavy atom. The lowest BCUT2D eigenvalue weighted by atomic mass is 10.2. The standard InChI is InChI=1S/C5H12N2O3S/c1-11(9,10)7-4-2-6-3-5(4)8/h4-8H,2-3H2,1H3/t4-,5-/m1/s1. The number of sulfonamides is 1. The minimum Gasteiger partial charge on any atom is -0.390 e. The lowest BCUT2D eigenvalue weighted by Crippen LogP contribution is -2.42. The van der Waals surface area contributed by atoms with Gasteiger partial charge >= 0.3 is 0 Å². The Kier molecular flexibility index (Phi) is 2.48. The van der Waals surface area contributed by atoms with E-state index in [-0.39, 0.29) is 6.04 Å². The van der Waals surface area contributed by atoms with Gasteiger partial charge in [-0.1, -0.05) is 0 Å². The maximum atomic E-state index is 10.7. The Balaban J connectivity index is 2.50. The van der Waals surface area contributed by atoms with Crippen LogP contribution in [-0.2, 0) is 10.0 Å². The third kappa shape index (κ3) is 2.74. The van der Waals surface area contributed by atoms with Crippen molar-refractivity contribution in [1.29, 1.82) is 0 Å². The summed E-state index contributed by atoms with van der Waals surface area (Å²) in [5.74, 6) is 0. The molecule has 1 heterocycles. The van der Waals surface area contributed by atoms with Crippen LogP contribution in [0.3, 0.4) is 0 Å². The maximum absolute atomic E-state index is 10.7. The number of hydrogen-bond acceptors (Lipinski definition) is 4. The summed E-state index contributed by atoms with van der Waals surface area (Å²) in [6.07, 6.45) is 0.475. The quantitative estimate of drug-likeness (QED) is 0.453. The molecule has 0 spiro atoms. The van der Waals surface area contributed by atoms with Crippen molar-refractivity contribution in [3.63, 3.8) is 0 Å². The fourth-order valence-corrected chi connectivity index (χ4v) is 1.85. The van der Waals surface area contributed by atoms with Gasteiger partial charge < -0.3 is 10.4 Å². The predicted molar refractivity (Wildman–Crippen MR) is 40.6 cm³/mol. The van der Waals surface area contributed by atoms with E-state index in [4.69, 9.17) is 5.11 Å². The number of rotatable bonds is 2. The molecule has 66 valence electrons. The first-order valence-electron chi connectivity index (χ1n) is 3.35. The fourth-order valence-electron chi connectivity index (χ4n) is 1.06. The zero-order chi connectivity index (χ0) is 8.48. The normalized spacial score (nSPS) is 32.5. The molecule has 0 aliphatic carbocycles. The number of nitrogens with one attached hydrogen (secondary N) is 2. The van der Waals surface area contributed by atoms with Crippen LogP contribution in [0, 0.1) is 0 Å². The average Bonchev–Trinajstić information content (AvgIpc) is 2.12. The molecule has 2 atom stereocenters. The van der Waals surface area contributed by atoms with Crippen molar-refractivity contribution in [3.05, 3.63) is 0 Å². The minimum atomic E-state index is -3.19. The van der Waals surface area contributed by atoms with E-state index in [0.29, 0.717) is 13.1 Å². The highest BCUT2D eigenvalue weighted by atomic mass is 32.2. The van der Waals surface area contributed by atoms with Gasteiger partial charge in [0.1, 0.15) is 0 Å². The van der Waals surface area contributed by atoms with E-state index in [9.17, 15) is 8.42 Å². The van der Waals surface area contributed by atoms with Gasteiger partial charge in [0.2, 0.25) is 10.0 Å². The lowest BCUT2D eigenvalue weighted by Gasteiger charge is -2.12. The van der Waals surface area contributed by atoms with E-state index in [0.717, 1.165) is 6.26 Å². The zero-order valence-corrected chi connectivity index (χ0v) is 7.06. The third-order valence-electron chi connectivity index (χ3n) is 1.55. The van der Waals surface area contributed by atoms with E-state index in [1.807, 2.05) is 0 Å². The van der Waals surface area contributed by atoms with E-state index in [2.05, 4.69) is 10.0 Å². The molecule has 0 unspecified atom stereocenters. The molecule has 0 amide bonds. The fraction of sp³-hybridized carbons (Fsp3) is 1.00. The topological polar surface area (TPSA) is 78.4 Å². The van der Waals surface area contributed by atoms with Gasteiger partial charge in [0.05, 0.1) is 18.4 Å². The van der Waals surface area contributed by atoms with Gasteiger partial charge in [-0.15, -0.1) is 0 Å². The van der Waals surface area contributed by atoms with Crippen molar-refractivity contribution >= 4 is 10.0 Å². The van der Waals surface area contributed by atoms with Crippen LogP contribution >= 0.6 is 0 Å². The molecule has 6 heteroatoms. The number of aliphatic hydroxyl groups is 1. The Labute approximate surface area is 65.8 Å². The van der Waals surface area contributed by atoms with Crippen LogP contribution < -0.4 is 10.0 Å². The first kappa shape index (κ1) is 8.92. The molecule has 11 heavy (non-hydrogen) atoms. The molecule has 0 bridgehead atoms. The summed E-state index contributed by atoms with van der Waals surface area (Å²) in [6.45, 7) is 0.946. The molecule has 1 aliphatic rings. The predicted octanol–water partition coefficient (Wildman–Crippen LogP) is -2.13. The molecular weight excluding hydrogens is 168 g/mol. The molecule has 0 radical (unpaired) electrons. The second-order valence-electron chi connectivity index (χ2n) is 2.72. The Morgan fingerprint density at radius 3 is 2.55 bits per heavy atom. The average molecular weight is 180 g/mol. The van der Waals surface area contributed by atoms with E-state index < -0.39 is 16.1 Å². The van der Waals surface area contributed by atoms with Crippen molar-refractivity contribution in [2.24, 2.45) is 0 Å². The highest BCUT2D eigenvalue weighted by Crippen LogP contribution is 1.99. The summed E-state index contributed by atoms with van der Waals surface area (Å²) in [4.78, 5) is 0. The smallest absolute Gasteiger partial charge is 0.209 e. The van der Waals surface area contributed by atoms with Gasteiger partial charge in [-0.3, -0.25) is 0 Å². The summed E-state index contributed by atoms with van der Waals surface area (Å²) in [5.41, 5.74) is 0. The molecule has 0 aromatic rings. The van der Waals surface area contributed by atoms with Crippen LogP contribution in [0.25, 0.3) is 0 Å². The highest BCUT2D eigenvalue weighted by Gasteiger charge is 2.26. The highest BCUT2D eigenvalue weighted by molar-refractivity contribution is 7.88. The van der Waals surface area contributed by atoms with Crippen LogP contribution in [0.4, 0.5) is 0 Å². The summed E-state index contributed by atoms with van der Waals surface area (Å²) in [6, 6.07) is -0.370. The van der Waals surface area contributed by atoms with Crippen molar-refractivity contribution in [1.82, 2.24) is 10.0 Å². The van der Waals surface area contributed by atoms with Crippen molar-refractivity contribution < 1.29 is 13.5 Å². The summed E-state index contributed by atoms with van der Waals surface area (Å²) in [7, 11) is -3.19. The Bertz CT molecular complexity index is 226. The van der Waals surface area contributed by atoms with Crippen LogP contribution in [0.15, 0.2) is 0 Å². The van der Waals surface area contributed by atoms with Crippen molar-refractivity contribution in [2.75, 3.05) is 19.3 Å².